The predicted octanol–water partition coefficient (Wildman–Crippen LogP) is 4.49. The van der Waals surface area contributed by atoms with Crippen LogP contribution in [0.1, 0.15) is 86.0 Å². The summed E-state index contributed by atoms with van der Waals surface area (Å²) >= 11 is 0. The molecule has 0 aromatic rings. The molecule has 1 saturated carbocycles. The molecule has 2 rings (SSSR count). The molecule has 0 amide bonds. The summed E-state index contributed by atoms with van der Waals surface area (Å²) in [6.07, 6.45) is 11.1. The minimum atomic E-state index is 0.243. The first-order valence-electron chi connectivity index (χ1n) is 9.28. The zero-order valence-electron chi connectivity index (χ0n) is 15.1. The molecule has 2 aliphatic rings. The fourth-order valence-electron chi connectivity index (χ4n) is 4.94. The lowest BCUT2D eigenvalue weighted by molar-refractivity contribution is 0.135. The Morgan fingerprint density at radius 3 is 2.19 bits per heavy atom. The molecule has 1 aliphatic carbocycles. The average molecular weight is 295 g/mol. The average Bonchev–Trinajstić information content (AvgIpc) is 2.37. The van der Waals surface area contributed by atoms with Crippen molar-refractivity contribution in [3.8, 4) is 0 Å². The molecule has 0 radical (unpaired) electrons. The third kappa shape index (κ3) is 5.56. The van der Waals surface area contributed by atoms with Gasteiger partial charge in [-0.1, -0.05) is 40.0 Å². The highest BCUT2D eigenvalue weighted by atomic mass is 15.0. The fraction of sp³-hybridized carbons (Fsp3) is 1.00. The van der Waals surface area contributed by atoms with E-state index in [4.69, 9.17) is 0 Å². The van der Waals surface area contributed by atoms with E-state index in [1.807, 2.05) is 0 Å². The highest BCUT2D eigenvalue weighted by Crippen LogP contribution is 2.34. The van der Waals surface area contributed by atoms with Crippen LogP contribution in [0, 0.1) is 11.3 Å². The van der Waals surface area contributed by atoms with Gasteiger partial charge in [0.2, 0.25) is 0 Å². The predicted molar refractivity (Wildman–Crippen MR) is 92.7 cm³/mol. The second-order valence-corrected chi connectivity index (χ2v) is 9.38. The van der Waals surface area contributed by atoms with E-state index in [0.717, 1.165) is 12.0 Å². The van der Waals surface area contributed by atoms with Crippen molar-refractivity contribution < 1.29 is 0 Å². The lowest BCUT2D eigenvalue weighted by Gasteiger charge is -2.44. The van der Waals surface area contributed by atoms with Gasteiger partial charge >= 0.3 is 0 Å². The van der Waals surface area contributed by atoms with Crippen molar-refractivity contribution in [1.29, 1.82) is 0 Å². The molecule has 2 fully saturated rings. The zero-order valence-corrected chi connectivity index (χ0v) is 15.1. The zero-order chi connectivity index (χ0) is 15.5. The van der Waals surface area contributed by atoms with Crippen LogP contribution in [0.15, 0.2) is 0 Å². The molecule has 2 heteroatoms. The molecule has 1 saturated heterocycles. The van der Waals surface area contributed by atoms with Crippen LogP contribution < -0.4 is 10.6 Å². The van der Waals surface area contributed by atoms with Crippen LogP contribution in [0.3, 0.4) is 0 Å². The summed E-state index contributed by atoms with van der Waals surface area (Å²) in [6.45, 7) is 13.1. The van der Waals surface area contributed by atoms with E-state index in [9.17, 15) is 0 Å². The quantitative estimate of drug-likeness (QED) is 0.798. The van der Waals surface area contributed by atoms with Crippen LogP contribution >= 0.6 is 0 Å². The number of nitrogens with one attached hydrogen (secondary N) is 2. The Labute approximate surface area is 132 Å². The SMILES string of the molecule is CC(C)(C)CC(C)(C)NC1CCCCC1C1CCCCN1. The highest BCUT2D eigenvalue weighted by molar-refractivity contribution is 4.95. The molecular weight excluding hydrogens is 256 g/mol. The van der Waals surface area contributed by atoms with Gasteiger partial charge in [0.15, 0.2) is 0 Å². The lowest BCUT2D eigenvalue weighted by atomic mass is 9.75. The van der Waals surface area contributed by atoms with E-state index in [-0.39, 0.29) is 5.54 Å². The van der Waals surface area contributed by atoms with E-state index in [2.05, 4.69) is 45.3 Å². The molecule has 2 nitrogen and oxygen atoms in total. The first kappa shape index (κ1) is 17.3. The van der Waals surface area contributed by atoms with Crippen molar-refractivity contribution in [1.82, 2.24) is 10.6 Å². The van der Waals surface area contributed by atoms with Gasteiger partial charge in [0.25, 0.3) is 0 Å². The summed E-state index contributed by atoms with van der Waals surface area (Å²) in [5.74, 6) is 0.846. The molecule has 0 aromatic heterocycles. The van der Waals surface area contributed by atoms with Gasteiger partial charge in [0, 0.05) is 17.6 Å². The standard InChI is InChI=1S/C19H38N2/c1-18(2,3)14-19(4,5)21-17-12-7-6-10-15(17)16-11-8-9-13-20-16/h15-17,20-21H,6-14H2,1-5H3. The molecule has 0 bridgehead atoms. The molecule has 2 N–H and O–H groups in total. The van der Waals surface area contributed by atoms with Gasteiger partial charge in [0.05, 0.1) is 0 Å². The van der Waals surface area contributed by atoms with Crippen LogP contribution in [-0.2, 0) is 0 Å². The molecule has 124 valence electrons. The van der Waals surface area contributed by atoms with E-state index in [0.29, 0.717) is 11.5 Å². The summed E-state index contributed by atoms with van der Waals surface area (Å²) in [5, 5.41) is 7.87. The molecule has 3 atom stereocenters. The fourth-order valence-corrected chi connectivity index (χ4v) is 4.94. The maximum Gasteiger partial charge on any atom is 0.0132 e. The Morgan fingerprint density at radius 1 is 0.905 bits per heavy atom. The van der Waals surface area contributed by atoms with Gasteiger partial charge in [-0.15, -0.1) is 0 Å². The Balaban J connectivity index is 1.97. The monoisotopic (exact) mass is 294 g/mol. The summed E-state index contributed by atoms with van der Waals surface area (Å²) in [4.78, 5) is 0. The van der Waals surface area contributed by atoms with Crippen molar-refractivity contribution in [2.75, 3.05) is 6.54 Å². The van der Waals surface area contributed by atoms with Gasteiger partial charge in [-0.2, -0.15) is 0 Å². The number of rotatable bonds is 4. The maximum atomic E-state index is 4.06. The largest absolute Gasteiger partial charge is 0.314 e. The van der Waals surface area contributed by atoms with Crippen molar-refractivity contribution >= 4 is 0 Å². The molecule has 1 aliphatic heterocycles. The number of piperidine rings is 1. The van der Waals surface area contributed by atoms with Crippen molar-refractivity contribution in [3.63, 3.8) is 0 Å². The van der Waals surface area contributed by atoms with Crippen molar-refractivity contribution in [3.05, 3.63) is 0 Å². The minimum absolute atomic E-state index is 0.243. The van der Waals surface area contributed by atoms with Gasteiger partial charge < -0.3 is 10.6 Å². The van der Waals surface area contributed by atoms with Gasteiger partial charge in [-0.05, 0) is 63.8 Å². The Bertz CT molecular complexity index is 310. The third-order valence-electron chi connectivity index (χ3n) is 5.23. The van der Waals surface area contributed by atoms with Gasteiger partial charge in [0.1, 0.15) is 0 Å². The Morgan fingerprint density at radius 2 is 1.57 bits per heavy atom. The summed E-state index contributed by atoms with van der Waals surface area (Å²) in [6, 6.07) is 1.48. The summed E-state index contributed by atoms with van der Waals surface area (Å²) < 4.78 is 0. The topological polar surface area (TPSA) is 24.1 Å². The minimum Gasteiger partial charge on any atom is -0.314 e. The second-order valence-electron chi connectivity index (χ2n) is 9.38. The third-order valence-corrected chi connectivity index (χ3v) is 5.23. The number of hydrogen-bond donors (Lipinski definition) is 2. The van der Waals surface area contributed by atoms with Crippen LogP contribution in [0.25, 0.3) is 0 Å². The highest BCUT2D eigenvalue weighted by Gasteiger charge is 2.36. The lowest BCUT2D eigenvalue weighted by Crippen LogP contribution is -2.56. The van der Waals surface area contributed by atoms with Crippen LogP contribution in [0.5, 0.6) is 0 Å². The Hall–Kier alpha value is -0.0800. The molecule has 3 unspecified atom stereocenters. The molecule has 0 spiro atoms. The summed E-state index contributed by atoms with van der Waals surface area (Å²) in [5.41, 5.74) is 0.636. The van der Waals surface area contributed by atoms with E-state index < -0.39 is 0 Å². The maximum absolute atomic E-state index is 4.06. The van der Waals surface area contributed by atoms with Crippen LogP contribution in [0.4, 0.5) is 0 Å². The van der Waals surface area contributed by atoms with E-state index in [1.165, 1.54) is 57.9 Å². The van der Waals surface area contributed by atoms with Crippen LogP contribution in [0.2, 0.25) is 0 Å². The first-order chi connectivity index (χ1) is 9.77. The number of hydrogen-bond acceptors (Lipinski definition) is 2. The van der Waals surface area contributed by atoms with E-state index >= 15 is 0 Å². The molecule has 1 heterocycles. The first-order valence-corrected chi connectivity index (χ1v) is 9.28. The summed E-state index contributed by atoms with van der Waals surface area (Å²) in [7, 11) is 0. The van der Waals surface area contributed by atoms with Crippen LogP contribution in [-0.4, -0.2) is 24.2 Å². The molecule has 0 aromatic carbocycles. The van der Waals surface area contributed by atoms with Crippen molar-refractivity contribution in [2.24, 2.45) is 11.3 Å². The molecule has 21 heavy (non-hydrogen) atoms. The van der Waals surface area contributed by atoms with E-state index in [1.54, 1.807) is 0 Å². The normalized spacial score (nSPS) is 32.1. The second kappa shape index (κ2) is 7.00. The van der Waals surface area contributed by atoms with Crippen molar-refractivity contribution in [2.45, 2.75) is 104 Å². The molecular formula is C19H38N2. The Kier molecular flexibility index (Phi) is 5.76. The smallest absolute Gasteiger partial charge is 0.0132 e. The van der Waals surface area contributed by atoms with Gasteiger partial charge in [-0.3, -0.25) is 0 Å². The van der Waals surface area contributed by atoms with Gasteiger partial charge in [-0.25, -0.2) is 0 Å².